The quantitative estimate of drug-likeness (QED) is 0.634. The molecule has 0 aromatic heterocycles. The molecular weight excluding hydrogens is 372 g/mol. The molecule has 0 bridgehead atoms. The number of amides is 3. The van der Waals surface area contributed by atoms with Crippen LogP contribution in [0.2, 0.25) is 0 Å². The van der Waals surface area contributed by atoms with E-state index in [1.54, 1.807) is 0 Å². The first-order valence-electron chi connectivity index (χ1n) is 8.03. The van der Waals surface area contributed by atoms with Crippen molar-refractivity contribution >= 4 is 33.7 Å². The van der Waals surface area contributed by atoms with Crippen LogP contribution in [0.5, 0.6) is 0 Å². The van der Waals surface area contributed by atoms with Gasteiger partial charge in [0.15, 0.2) is 0 Å². The minimum Gasteiger partial charge on any atom is -0.348 e. The van der Waals surface area contributed by atoms with Crippen molar-refractivity contribution in [3.8, 4) is 0 Å². The van der Waals surface area contributed by atoms with Crippen LogP contribution in [0.25, 0.3) is 0 Å². The number of fused-ring (bicyclic) bond motifs is 1. The SMILES string of the molecule is C[C@H](NC(=O)CN1C(=O)[C@H]2CC=CC[C@H]2C1=O)c1ccccc1Br. The third-order valence-corrected chi connectivity index (χ3v) is 5.37. The first-order valence-corrected chi connectivity index (χ1v) is 8.82. The fraction of sp³-hybridized carbons (Fsp3) is 0.389. The van der Waals surface area contributed by atoms with E-state index in [-0.39, 0.29) is 42.1 Å². The Balaban J connectivity index is 1.64. The highest BCUT2D eigenvalue weighted by Gasteiger charge is 2.47. The zero-order valence-electron chi connectivity index (χ0n) is 13.4. The highest BCUT2D eigenvalue weighted by molar-refractivity contribution is 9.10. The Bertz CT molecular complexity index is 690. The minimum atomic E-state index is -0.327. The van der Waals surface area contributed by atoms with Crippen molar-refractivity contribution in [3.05, 3.63) is 46.5 Å². The van der Waals surface area contributed by atoms with Crippen LogP contribution in [-0.2, 0) is 14.4 Å². The molecule has 3 rings (SSSR count). The van der Waals surface area contributed by atoms with Gasteiger partial charge >= 0.3 is 0 Å². The Morgan fingerprint density at radius 2 is 1.79 bits per heavy atom. The summed E-state index contributed by atoms with van der Waals surface area (Å²) in [4.78, 5) is 38.2. The van der Waals surface area contributed by atoms with E-state index in [0.717, 1.165) is 14.9 Å². The predicted molar refractivity (Wildman–Crippen MR) is 92.8 cm³/mol. The number of nitrogens with zero attached hydrogens (tertiary/aromatic N) is 1. The number of allylic oxidation sites excluding steroid dienone is 2. The highest BCUT2D eigenvalue weighted by atomic mass is 79.9. The van der Waals surface area contributed by atoms with Gasteiger partial charge in [0.25, 0.3) is 0 Å². The molecule has 5 nitrogen and oxygen atoms in total. The lowest BCUT2D eigenvalue weighted by Crippen LogP contribution is -2.41. The fourth-order valence-electron chi connectivity index (χ4n) is 3.36. The molecule has 126 valence electrons. The van der Waals surface area contributed by atoms with Crippen LogP contribution in [0, 0.1) is 11.8 Å². The molecule has 0 spiro atoms. The second-order valence-corrected chi connectivity index (χ2v) is 7.08. The van der Waals surface area contributed by atoms with Gasteiger partial charge in [-0.3, -0.25) is 19.3 Å². The number of imide groups is 1. The number of hydrogen-bond acceptors (Lipinski definition) is 3. The van der Waals surface area contributed by atoms with Gasteiger partial charge in [-0.15, -0.1) is 0 Å². The predicted octanol–water partition coefficient (Wildman–Crippen LogP) is 2.58. The van der Waals surface area contributed by atoms with Gasteiger partial charge in [0.1, 0.15) is 6.54 Å². The maximum Gasteiger partial charge on any atom is 0.240 e. The molecule has 3 atom stereocenters. The van der Waals surface area contributed by atoms with Crippen LogP contribution in [0.15, 0.2) is 40.9 Å². The second-order valence-electron chi connectivity index (χ2n) is 6.23. The lowest BCUT2D eigenvalue weighted by molar-refractivity contribution is -0.143. The molecular formula is C18H19BrN2O3. The Labute approximate surface area is 149 Å². The van der Waals surface area contributed by atoms with Crippen molar-refractivity contribution in [3.63, 3.8) is 0 Å². The van der Waals surface area contributed by atoms with Gasteiger partial charge in [-0.1, -0.05) is 46.3 Å². The normalized spacial score (nSPS) is 24.0. The summed E-state index contributed by atoms with van der Waals surface area (Å²) < 4.78 is 0.906. The van der Waals surface area contributed by atoms with E-state index in [0.29, 0.717) is 12.8 Å². The van der Waals surface area contributed by atoms with Crippen LogP contribution < -0.4 is 5.32 Å². The Morgan fingerprint density at radius 1 is 1.21 bits per heavy atom. The zero-order valence-corrected chi connectivity index (χ0v) is 15.0. The average molecular weight is 391 g/mol. The number of halogens is 1. The van der Waals surface area contributed by atoms with Crippen molar-refractivity contribution in [1.82, 2.24) is 10.2 Å². The van der Waals surface area contributed by atoms with Gasteiger partial charge in [0, 0.05) is 4.47 Å². The van der Waals surface area contributed by atoms with E-state index < -0.39 is 0 Å². The lowest BCUT2D eigenvalue weighted by Gasteiger charge is -2.19. The summed E-state index contributed by atoms with van der Waals surface area (Å²) in [5.74, 6) is -1.37. The summed E-state index contributed by atoms with van der Waals surface area (Å²) >= 11 is 3.46. The van der Waals surface area contributed by atoms with Crippen LogP contribution in [-0.4, -0.2) is 29.2 Å². The number of likely N-dealkylation sites (tertiary alicyclic amines) is 1. The van der Waals surface area contributed by atoms with Gasteiger partial charge in [-0.25, -0.2) is 0 Å². The molecule has 3 amide bonds. The summed E-state index contributed by atoms with van der Waals surface area (Å²) in [7, 11) is 0. The number of hydrogen-bond donors (Lipinski definition) is 1. The number of benzene rings is 1. The maximum atomic E-state index is 12.4. The molecule has 6 heteroatoms. The zero-order chi connectivity index (χ0) is 17.3. The second kappa shape index (κ2) is 6.89. The summed E-state index contributed by atoms with van der Waals surface area (Å²) in [5.41, 5.74) is 0.947. The van der Waals surface area contributed by atoms with Gasteiger partial charge < -0.3 is 5.32 Å². The first-order chi connectivity index (χ1) is 11.5. The van der Waals surface area contributed by atoms with Gasteiger partial charge in [-0.2, -0.15) is 0 Å². The molecule has 0 radical (unpaired) electrons. The van der Waals surface area contributed by atoms with Crippen molar-refractivity contribution in [2.45, 2.75) is 25.8 Å². The van der Waals surface area contributed by atoms with Crippen molar-refractivity contribution in [2.24, 2.45) is 11.8 Å². The topological polar surface area (TPSA) is 66.5 Å². The smallest absolute Gasteiger partial charge is 0.240 e. The standard InChI is InChI=1S/C18H19BrN2O3/c1-11(12-6-4-5-9-15(12)19)20-16(22)10-21-17(23)13-7-2-3-8-14(13)18(21)24/h2-6,9,11,13-14H,7-8,10H2,1H3,(H,20,22)/t11-,13-,14+/m0/s1. The first kappa shape index (κ1) is 16.9. The molecule has 2 aliphatic rings. The molecule has 1 fully saturated rings. The number of carbonyl (C=O) groups excluding carboxylic acids is 3. The molecule has 0 saturated carbocycles. The molecule has 1 saturated heterocycles. The highest BCUT2D eigenvalue weighted by Crippen LogP contribution is 2.34. The van der Waals surface area contributed by atoms with E-state index in [2.05, 4.69) is 21.2 Å². The summed E-state index contributed by atoms with van der Waals surface area (Å²) in [6, 6.07) is 7.41. The fourth-order valence-corrected chi connectivity index (χ4v) is 3.99. The Hall–Kier alpha value is -1.95. The molecule has 0 unspecified atom stereocenters. The van der Waals surface area contributed by atoms with Crippen LogP contribution in [0.1, 0.15) is 31.4 Å². The maximum absolute atomic E-state index is 12.4. The molecule has 1 N–H and O–H groups in total. The minimum absolute atomic E-state index is 0.209. The molecule has 1 aromatic rings. The van der Waals surface area contributed by atoms with E-state index in [4.69, 9.17) is 0 Å². The van der Waals surface area contributed by atoms with Crippen LogP contribution in [0.4, 0.5) is 0 Å². The van der Waals surface area contributed by atoms with E-state index in [1.165, 1.54) is 0 Å². The molecule has 1 aliphatic carbocycles. The van der Waals surface area contributed by atoms with Gasteiger partial charge in [0.05, 0.1) is 17.9 Å². The largest absolute Gasteiger partial charge is 0.348 e. The third-order valence-electron chi connectivity index (χ3n) is 4.65. The molecule has 1 aromatic carbocycles. The molecule has 1 aliphatic heterocycles. The lowest BCUT2D eigenvalue weighted by atomic mass is 9.85. The summed E-state index contributed by atoms with van der Waals surface area (Å²) in [6.45, 7) is 1.66. The molecule has 1 heterocycles. The number of nitrogens with one attached hydrogen (secondary N) is 1. The third kappa shape index (κ3) is 3.15. The van der Waals surface area contributed by atoms with E-state index >= 15 is 0 Å². The van der Waals surface area contributed by atoms with E-state index in [1.807, 2.05) is 43.3 Å². The Kier molecular flexibility index (Phi) is 4.85. The number of rotatable bonds is 4. The van der Waals surface area contributed by atoms with Crippen LogP contribution >= 0.6 is 15.9 Å². The van der Waals surface area contributed by atoms with Crippen LogP contribution in [0.3, 0.4) is 0 Å². The van der Waals surface area contributed by atoms with Crippen molar-refractivity contribution in [1.29, 1.82) is 0 Å². The number of carbonyl (C=O) groups is 3. The van der Waals surface area contributed by atoms with Crippen molar-refractivity contribution < 1.29 is 14.4 Å². The summed E-state index contributed by atoms with van der Waals surface area (Å²) in [5, 5.41) is 2.86. The summed E-state index contributed by atoms with van der Waals surface area (Å²) in [6.07, 6.45) is 5.04. The Morgan fingerprint density at radius 3 is 2.38 bits per heavy atom. The average Bonchev–Trinajstić information content (AvgIpc) is 2.80. The molecule has 24 heavy (non-hydrogen) atoms. The van der Waals surface area contributed by atoms with Gasteiger partial charge in [-0.05, 0) is 31.4 Å². The van der Waals surface area contributed by atoms with E-state index in [9.17, 15) is 14.4 Å². The van der Waals surface area contributed by atoms with Crippen molar-refractivity contribution in [2.75, 3.05) is 6.54 Å². The van der Waals surface area contributed by atoms with Gasteiger partial charge in [0.2, 0.25) is 17.7 Å². The monoisotopic (exact) mass is 390 g/mol.